The molecule has 0 amide bonds. The summed E-state index contributed by atoms with van der Waals surface area (Å²) in [5, 5.41) is 3.30. The lowest BCUT2D eigenvalue weighted by atomic mass is 10.2. The Balaban J connectivity index is 2.21. The second-order valence-electron chi connectivity index (χ2n) is 5.55. The van der Waals surface area contributed by atoms with Crippen molar-refractivity contribution in [2.24, 2.45) is 5.92 Å². The highest BCUT2D eigenvalue weighted by atomic mass is 15.2. The van der Waals surface area contributed by atoms with Gasteiger partial charge in [0.15, 0.2) is 0 Å². The number of hydrogen-bond donors (Lipinski definition) is 1. The van der Waals surface area contributed by atoms with Gasteiger partial charge in [-0.2, -0.15) is 0 Å². The zero-order valence-corrected chi connectivity index (χ0v) is 11.9. The summed E-state index contributed by atoms with van der Waals surface area (Å²) in [7, 11) is 2.11. The summed E-state index contributed by atoms with van der Waals surface area (Å²) in [6, 6.07) is 2.05. The van der Waals surface area contributed by atoms with Gasteiger partial charge in [-0.25, -0.2) is 9.97 Å². The van der Waals surface area contributed by atoms with Gasteiger partial charge in [0.2, 0.25) is 0 Å². The molecule has 0 aromatic carbocycles. The van der Waals surface area contributed by atoms with E-state index in [0.717, 1.165) is 30.5 Å². The lowest BCUT2D eigenvalue weighted by Gasteiger charge is -2.21. The Morgan fingerprint density at radius 3 is 2.67 bits per heavy atom. The Morgan fingerprint density at radius 1 is 1.39 bits per heavy atom. The van der Waals surface area contributed by atoms with Crippen LogP contribution in [0.15, 0.2) is 6.07 Å². The molecule has 0 atom stereocenters. The van der Waals surface area contributed by atoms with Crippen LogP contribution in [0.3, 0.4) is 0 Å². The van der Waals surface area contributed by atoms with Crippen LogP contribution in [-0.2, 0) is 0 Å². The highest BCUT2D eigenvalue weighted by molar-refractivity contribution is 5.49. The molecule has 4 heteroatoms. The maximum atomic E-state index is 4.71. The molecular formula is C14H24N4. The molecule has 0 aliphatic heterocycles. The molecule has 1 aliphatic rings. The fourth-order valence-corrected chi connectivity index (χ4v) is 2.09. The number of aromatic nitrogens is 2. The van der Waals surface area contributed by atoms with Crippen molar-refractivity contribution in [3.8, 4) is 0 Å². The Kier molecular flexibility index (Phi) is 4.04. The monoisotopic (exact) mass is 248 g/mol. The van der Waals surface area contributed by atoms with Crippen molar-refractivity contribution >= 4 is 11.6 Å². The van der Waals surface area contributed by atoms with E-state index in [4.69, 9.17) is 4.98 Å². The van der Waals surface area contributed by atoms with E-state index in [-0.39, 0.29) is 0 Å². The first kappa shape index (κ1) is 13.1. The van der Waals surface area contributed by atoms with Gasteiger partial charge in [-0.3, -0.25) is 0 Å². The largest absolute Gasteiger partial charge is 0.370 e. The Labute approximate surface area is 110 Å². The first-order valence-electron chi connectivity index (χ1n) is 6.94. The molecule has 1 aliphatic carbocycles. The van der Waals surface area contributed by atoms with Crippen molar-refractivity contribution in [1.82, 2.24) is 9.97 Å². The van der Waals surface area contributed by atoms with Crippen molar-refractivity contribution in [1.29, 1.82) is 0 Å². The summed E-state index contributed by atoms with van der Waals surface area (Å²) in [5.41, 5.74) is 0. The van der Waals surface area contributed by atoms with Crippen LogP contribution in [0.4, 0.5) is 11.6 Å². The van der Waals surface area contributed by atoms with E-state index in [1.807, 2.05) is 0 Å². The van der Waals surface area contributed by atoms with E-state index < -0.39 is 0 Å². The number of rotatable bonds is 6. The zero-order valence-electron chi connectivity index (χ0n) is 11.9. The SMILES string of the molecule is CCNc1cc(N(C)CC(C)C)nc(C2CC2)n1. The highest BCUT2D eigenvalue weighted by Gasteiger charge is 2.27. The first-order chi connectivity index (χ1) is 8.60. The number of nitrogens with zero attached hydrogens (tertiary/aromatic N) is 3. The van der Waals surface area contributed by atoms with Crippen LogP contribution in [0.5, 0.6) is 0 Å². The van der Waals surface area contributed by atoms with E-state index in [1.165, 1.54) is 12.8 Å². The van der Waals surface area contributed by atoms with Crippen molar-refractivity contribution in [3.63, 3.8) is 0 Å². The predicted molar refractivity (Wildman–Crippen MR) is 76.3 cm³/mol. The van der Waals surface area contributed by atoms with E-state index in [0.29, 0.717) is 11.8 Å². The van der Waals surface area contributed by atoms with Crippen LogP contribution < -0.4 is 10.2 Å². The van der Waals surface area contributed by atoms with E-state index >= 15 is 0 Å². The minimum absolute atomic E-state index is 0.592. The summed E-state index contributed by atoms with van der Waals surface area (Å²) in [6.07, 6.45) is 2.48. The maximum absolute atomic E-state index is 4.71. The van der Waals surface area contributed by atoms with Crippen LogP contribution in [0.2, 0.25) is 0 Å². The minimum atomic E-state index is 0.592. The summed E-state index contributed by atoms with van der Waals surface area (Å²) in [5.74, 6) is 4.24. The molecule has 18 heavy (non-hydrogen) atoms. The van der Waals surface area contributed by atoms with Crippen LogP contribution in [-0.4, -0.2) is 30.1 Å². The molecule has 0 radical (unpaired) electrons. The van der Waals surface area contributed by atoms with Gasteiger partial charge in [0.05, 0.1) is 0 Å². The van der Waals surface area contributed by atoms with Gasteiger partial charge < -0.3 is 10.2 Å². The van der Waals surface area contributed by atoms with Gasteiger partial charge in [0.1, 0.15) is 17.5 Å². The molecule has 0 spiro atoms. The molecule has 1 aromatic heterocycles. The molecule has 0 bridgehead atoms. The van der Waals surface area contributed by atoms with Crippen LogP contribution in [0.1, 0.15) is 45.4 Å². The van der Waals surface area contributed by atoms with Gasteiger partial charge in [-0.1, -0.05) is 13.8 Å². The molecule has 1 fully saturated rings. The third-order valence-electron chi connectivity index (χ3n) is 3.06. The molecule has 1 N–H and O–H groups in total. The number of hydrogen-bond acceptors (Lipinski definition) is 4. The third kappa shape index (κ3) is 3.34. The summed E-state index contributed by atoms with van der Waals surface area (Å²) in [4.78, 5) is 11.5. The standard InChI is InChI=1S/C14H24N4/c1-5-15-12-8-13(18(4)9-10(2)3)17-14(16-12)11-6-7-11/h8,10-11H,5-7,9H2,1-4H3,(H,15,16,17). The summed E-state index contributed by atoms with van der Waals surface area (Å²) >= 11 is 0. The van der Waals surface area contributed by atoms with E-state index in [9.17, 15) is 0 Å². The van der Waals surface area contributed by atoms with Crippen LogP contribution >= 0.6 is 0 Å². The van der Waals surface area contributed by atoms with Gasteiger partial charge in [-0.15, -0.1) is 0 Å². The Morgan fingerprint density at radius 2 is 2.11 bits per heavy atom. The maximum Gasteiger partial charge on any atom is 0.136 e. The highest BCUT2D eigenvalue weighted by Crippen LogP contribution is 2.39. The van der Waals surface area contributed by atoms with Crippen LogP contribution in [0, 0.1) is 5.92 Å². The van der Waals surface area contributed by atoms with Gasteiger partial charge >= 0.3 is 0 Å². The molecule has 4 nitrogen and oxygen atoms in total. The molecule has 1 aromatic rings. The predicted octanol–water partition coefficient (Wildman–Crippen LogP) is 2.88. The van der Waals surface area contributed by atoms with Gasteiger partial charge in [0.25, 0.3) is 0 Å². The first-order valence-corrected chi connectivity index (χ1v) is 6.94. The Hall–Kier alpha value is -1.32. The molecule has 1 saturated carbocycles. The van der Waals surface area contributed by atoms with Gasteiger partial charge in [-0.05, 0) is 25.7 Å². The molecule has 2 rings (SSSR count). The van der Waals surface area contributed by atoms with Crippen molar-refractivity contribution in [3.05, 3.63) is 11.9 Å². The summed E-state index contributed by atoms with van der Waals surface area (Å²) in [6.45, 7) is 8.47. The molecular weight excluding hydrogens is 224 g/mol. The zero-order chi connectivity index (χ0) is 13.1. The van der Waals surface area contributed by atoms with Crippen molar-refractivity contribution in [2.75, 3.05) is 30.4 Å². The molecule has 0 unspecified atom stereocenters. The van der Waals surface area contributed by atoms with E-state index in [1.54, 1.807) is 0 Å². The number of nitrogens with one attached hydrogen (secondary N) is 1. The third-order valence-corrected chi connectivity index (χ3v) is 3.06. The minimum Gasteiger partial charge on any atom is -0.370 e. The normalized spacial score (nSPS) is 14.9. The second kappa shape index (κ2) is 5.55. The quantitative estimate of drug-likeness (QED) is 0.840. The van der Waals surface area contributed by atoms with Crippen molar-refractivity contribution < 1.29 is 0 Å². The van der Waals surface area contributed by atoms with E-state index in [2.05, 4.69) is 49.1 Å². The number of anilines is 2. The average Bonchev–Trinajstić information content (AvgIpc) is 3.12. The Bertz CT molecular complexity index is 399. The average molecular weight is 248 g/mol. The lowest BCUT2D eigenvalue weighted by molar-refractivity contribution is 0.633. The second-order valence-corrected chi connectivity index (χ2v) is 5.55. The van der Waals surface area contributed by atoms with Crippen LogP contribution in [0.25, 0.3) is 0 Å². The topological polar surface area (TPSA) is 41.0 Å². The summed E-state index contributed by atoms with van der Waals surface area (Å²) < 4.78 is 0. The molecule has 100 valence electrons. The molecule has 0 saturated heterocycles. The van der Waals surface area contributed by atoms with Crippen molar-refractivity contribution in [2.45, 2.75) is 39.5 Å². The lowest BCUT2D eigenvalue weighted by Crippen LogP contribution is -2.24. The van der Waals surface area contributed by atoms with Gasteiger partial charge in [0, 0.05) is 32.1 Å². The fourth-order valence-electron chi connectivity index (χ4n) is 2.09. The smallest absolute Gasteiger partial charge is 0.136 e. The fraction of sp³-hybridized carbons (Fsp3) is 0.714. The molecule has 1 heterocycles.